The Bertz CT molecular complexity index is 795. The number of carbonyl (C=O) groups excluding carboxylic acids is 1. The number of benzene rings is 2. The number of aryl methyl sites for hydroxylation is 1. The zero-order valence-corrected chi connectivity index (χ0v) is 12.9. The molecule has 0 aliphatic rings. The number of anilines is 1. The zero-order chi connectivity index (χ0) is 16.1. The number of nitrogens with one attached hydrogen (secondary N) is 1. The molecule has 0 saturated carbocycles. The van der Waals surface area contributed by atoms with Gasteiger partial charge in [0.1, 0.15) is 0 Å². The van der Waals surface area contributed by atoms with E-state index in [1.54, 1.807) is 0 Å². The Morgan fingerprint density at radius 3 is 2.61 bits per heavy atom. The third-order valence-corrected chi connectivity index (χ3v) is 3.80. The van der Waals surface area contributed by atoms with Gasteiger partial charge in [-0.2, -0.15) is 0 Å². The molecule has 0 aliphatic heterocycles. The monoisotopic (exact) mass is 308 g/mol. The van der Waals surface area contributed by atoms with Crippen LogP contribution in [0.5, 0.6) is 0 Å². The summed E-state index contributed by atoms with van der Waals surface area (Å²) in [5.74, 6) is 0.216. The van der Waals surface area contributed by atoms with Gasteiger partial charge in [-0.1, -0.05) is 42.5 Å². The van der Waals surface area contributed by atoms with E-state index in [1.807, 2.05) is 42.5 Å². The van der Waals surface area contributed by atoms with Gasteiger partial charge in [0.05, 0.1) is 11.0 Å². The number of hydrogen-bond donors (Lipinski definition) is 2. The van der Waals surface area contributed by atoms with E-state index in [2.05, 4.69) is 22.4 Å². The van der Waals surface area contributed by atoms with Crippen molar-refractivity contribution in [1.82, 2.24) is 14.9 Å². The molecule has 3 rings (SSSR count). The van der Waals surface area contributed by atoms with Gasteiger partial charge in [0.15, 0.2) is 0 Å². The van der Waals surface area contributed by atoms with E-state index in [-0.39, 0.29) is 12.0 Å². The van der Waals surface area contributed by atoms with Gasteiger partial charge in [-0.25, -0.2) is 14.3 Å². The Balaban J connectivity index is 1.52. The van der Waals surface area contributed by atoms with Crippen LogP contribution in [0, 0.1) is 0 Å². The highest BCUT2D eigenvalue weighted by molar-refractivity contribution is 5.92. The molecular formula is C18H20N4O. The minimum absolute atomic E-state index is 0.216. The van der Waals surface area contributed by atoms with Crippen LogP contribution in [0.3, 0.4) is 0 Å². The fourth-order valence-corrected chi connectivity index (χ4v) is 2.63. The first kappa shape index (κ1) is 15.1. The Morgan fingerprint density at radius 2 is 1.78 bits per heavy atom. The molecule has 0 atom stereocenters. The molecule has 0 unspecified atom stereocenters. The summed E-state index contributed by atoms with van der Waals surface area (Å²) in [6.45, 7) is 0.623. The number of imidazole rings is 1. The fraction of sp³-hybridized carbons (Fsp3) is 0.222. The molecule has 0 fully saturated rings. The molecular weight excluding hydrogens is 288 g/mol. The first-order valence-electron chi connectivity index (χ1n) is 7.81. The number of rotatable bonds is 5. The number of unbranched alkanes of at least 4 members (excludes halogenated alkanes) is 1. The maximum atomic E-state index is 12.3. The summed E-state index contributed by atoms with van der Waals surface area (Å²) in [6, 6.07) is 17.6. The maximum Gasteiger partial charge on any atom is 0.328 e. The summed E-state index contributed by atoms with van der Waals surface area (Å²) >= 11 is 0. The molecule has 1 amide bonds. The summed E-state index contributed by atoms with van der Waals surface area (Å²) in [5, 5.41) is 2.91. The lowest BCUT2D eigenvalue weighted by atomic mass is 10.1. The Kier molecular flexibility index (Phi) is 4.57. The number of aromatic nitrogens is 2. The van der Waals surface area contributed by atoms with Gasteiger partial charge in [-0.15, -0.1) is 0 Å². The highest BCUT2D eigenvalue weighted by atomic mass is 16.2. The second-order valence-electron chi connectivity index (χ2n) is 5.47. The van der Waals surface area contributed by atoms with Gasteiger partial charge in [-0.05, 0) is 37.0 Å². The minimum atomic E-state index is -0.226. The summed E-state index contributed by atoms with van der Waals surface area (Å²) in [4.78, 5) is 16.5. The molecule has 0 bridgehead atoms. The van der Waals surface area contributed by atoms with E-state index >= 15 is 0 Å². The van der Waals surface area contributed by atoms with Crippen molar-refractivity contribution >= 4 is 23.0 Å². The summed E-state index contributed by atoms with van der Waals surface area (Å²) < 4.78 is 1.42. The SMILES string of the molecule is Nc1nc2ccccc2n1C(=O)NCCCCc1ccccc1. The van der Waals surface area contributed by atoms with Crippen LogP contribution in [0.4, 0.5) is 10.7 Å². The van der Waals surface area contributed by atoms with E-state index in [9.17, 15) is 4.79 Å². The van der Waals surface area contributed by atoms with E-state index in [0.717, 1.165) is 30.3 Å². The average molecular weight is 308 g/mol. The lowest BCUT2D eigenvalue weighted by Crippen LogP contribution is -2.30. The zero-order valence-electron chi connectivity index (χ0n) is 12.9. The number of fused-ring (bicyclic) bond motifs is 1. The standard InChI is InChI=1S/C18H20N4O/c19-17-21-15-11-4-5-12-16(15)22(17)18(23)20-13-7-6-10-14-8-2-1-3-9-14/h1-5,8-9,11-12H,6-7,10,13H2,(H2,19,21)(H,20,23). The van der Waals surface area contributed by atoms with Crippen molar-refractivity contribution in [3.8, 4) is 0 Å². The van der Waals surface area contributed by atoms with E-state index in [0.29, 0.717) is 6.54 Å². The van der Waals surface area contributed by atoms with Crippen LogP contribution in [-0.2, 0) is 6.42 Å². The summed E-state index contributed by atoms with van der Waals surface area (Å²) in [5.41, 5.74) is 8.63. The number of para-hydroxylation sites is 2. The summed E-state index contributed by atoms with van der Waals surface area (Å²) in [6.07, 6.45) is 2.98. The fourth-order valence-electron chi connectivity index (χ4n) is 2.63. The number of nitrogens with two attached hydrogens (primary N) is 1. The van der Waals surface area contributed by atoms with E-state index in [1.165, 1.54) is 10.1 Å². The van der Waals surface area contributed by atoms with Crippen molar-refractivity contribution < 1.29 is 4.79 Å². The second-order valence-corrected chi connectivity index (χ2v) is 5.47. The van der Waals surface area contributed by atoms with Crippen LogP contribution in [0.2, 0.25) is 0 Å². The predicted octanol–water partition coefficient (Wildman–Crippen LogP) is 3.20. The number of amides is 1. The number of carbonyl (C=O) groups is 1. The van der Waals surface area contributed by atoms with Crippen LogP contribution < -0.4 is 11.1 Å². The number of hydrogen-bond acceptors (Lipinski definition) is 3. The Morgan fingerprint density at radius 1 is 1.04 bits per heavy atom. The lowest BCUT2D eigenvalue weighted by molar-refractivity contribution is 0.243. The van der Waals surface area contributed by atoms with Gasteiger partial charge in [0.2, 0.25) is 5.95 Å². The van der Waals surface area contributed by atoms with E-state index in [4.69, 9.17) is 5.73 Å². The lowest BCUT2D eigenvalue weighted by Gasteiger charge is -2.08. The van der Waals surface area contributed by atoms with Crippen molar-refractivity contribution in [2.24, 2.45) is 0 Å². The molecule has 0 aliphatic carbocycles. The van der Waals surface area contributed by atoms with Gasteiger partial charge < -0.3 is 11.1 Å². The number of nitrogens with zero attached hydrogens (tertiary/aromatic N) is 2. The average Bonchev–Trinajstić information content (AvgIpc) is 2.91. The van der Waals surface area contributed by atoms with Crippen molar-refractivity contribution in [3.05, 3.63) is 60.2 Å². The van der Waals surface area contributed by atoms with Crippen LogP contribution in [0.1, 0.15) is 18.4 Å². The molecule has 0 spiro atoms. The molecule has 1 aromatic heterocycles. The first-order chi connectivity index (χ1) is 11.3. The molecule has 118 valence electrons. The third-order valence-electron chi connectivity index (χ3n) is 3.80. The largest absolute Gasteiger partial charge is 0.369 e. The van der Waals surface area contributed by atoms with Gasteiger partial charge in [0.25, 0.3) is 0 Å². The van der Waals surface area contributed by atoms with Crippen molar-refractivity contribution in [2.45, 2.75) is 19.3 Å². The normalized spacial score (nSPS) is 10.8. The third kappa shape index (κ3) is 3.51. The molecule has 3 aromatic rings. The highest BCUT2D eigenvalue weighted by Crippen LogP contribution is 2.16. The molecule has 5 heteroatoms. The minimum Gasteiger partial charge on any atom is -0.369 e. The van der Waals surface area contributed by atoms with Crippen LogP contribution in [0.15, 0.2) is 54.6 Å². The Hall–Kier alpha value is -2.82. The maximum absolute atomic E-state index is 12.3. The van der Waals surface area contributed by atoms with Crippen LogP contribution in [0.25, 0.3) is 11.0 Å². The molecule has 0 saturated heterocycles. The van der Waals surface area contributed by atoms with Gasteiger partial charge in [-0.3, -0.25) is 0 Å². The number of nitrogen functional groups attached to an aromatic ring is 1. The quantitative estimate of drug-likeness (QED) is 0.711. The molecule has 23 heavy (non-hydrogen) atoms. The van der Waals surface area contributed by atoms with Crippen molar-refractivity contribution in [1.29, 1.82) is 0 Å². The highest BCUT2D eigenvalue weighted by Gasteiger charge is 2.13. The predicted molar refractivity (Wildman–Crippen MR) is 92.3 cm³/mol. The van der Waals surface area contributed by atoms with Crippen molar-refractivity contribution in [3.63, 3.8) is 0 Å². The molecule has 3 N–H and O–H groups in total. The van der Waals surface area contributed by atoms with Gasteiger partial charge >= 0.3 is 6.03 Å². The topological polar surface area (TPSA) is 72.9 Å². The smallest absolute Gasteiger partial charge is 0.328 e. The Labute approximate surface area is 135 Å². The molecule has 2 aromatic carbocycles. The van der Waals surface area contributed by atoms with Crippen molar-refractivity contribution in [2.75, 3.05) is 12.3 Å². The molecule has 1 heterocycles. The second kappa shape index (κ2) is 6.96. The first-order valence-corrected chi connectivity index (χ1v) is 7.81. The van der Waals surface area contributed by atoms with Crippen LogP contribution in [-0.4, -0.2) is 22.1 Å². The van der Waals surface area contributed by atoms with E-state index < -0.39 is 0 Å². The molecule has 5 nitrogen and oxygen atoms in total. The molecule has 0 radical (unpaired) electrons. The summed E-state index contributed by atoms with van der Waals surface area (Å²) in [7, 11) is 0. The van der Waals surface area contributed by atoms with Crippen LogP contribution >= 0.6 is 0 Å². The van der Waals surface area contributed by atoms with Gasteiger partial charge in [0, 0.05) is 6.54 Å².